The van der Waals surface area contributed by atoms with Crippen molar-refractivity contribution in [1.29, 1.82) is 0 Å². The molecule has 0 radical (unpaired) electrons. The van der Waals surface area contributed by atoms with Gasteiger partial charge in [0.15, 0.2) is 0 Å². The maximum atomic E-state index is 13.6. The van der Waals surface area contributed by atoms with Gasteiger partial charge in [0.2, 0.25) is 0 Å². The van der Waals surface area contributed by atoms with Gasteiger partial charge in [0.25, 0.3) is 10.0 Å². The van der Waals surface area contributed by atoms with Crippen molar-refractivity contribution in [2.75, 3.05) is 4.72 Å². The van der Waals surface area contributed by atoms with Crippen LogP contribution >= 0.6 is 0 Å². The van der Waals surface area contributed by atoms with Crippen molar-refractivity contribution in [3.05, 3.63) is 42.0 Å². The number of sulfonamides is 1. The molecule has 0 amide bonds. The Morgan fingerprint density at radius 2 is 2.21 bits per heavy atom. The Labute approximate surface area is 109 Å². The molecule has 0 aliphatic heterocycles. The highest BCUT2D eigenvalue weighted by Crippen LogP contribution is 2.20. The van der Waals surface area contributed by atoms with Crippen molar-refractivity contribution in [1.82, 2.24) is 9.78 Å². The van der Waals surface area contributed by atoms with Crippen LogP contribution in [-0.4, -0.2) is 23.3 Å². The maximum absolute atomic E-state index is 13.6. The van der Waals surface area contributed by atoms with Crippen LogP contribution in [0.4, 0.5) is 10.1 Å². The number of aromatic nitrogens is 2. The minimum Gasteiger partial charge on any atom is -0.392 e. The third-order valence-corrected chi connectivity index (χ3v) is 3.82. The highest BCUT2D eigenvalue weighted by atomic mass is 32.2. The van der Waals surface area contributed by atoms with Crippen LogP contribution < -0.4 is 4.72 Å². The smallest absolute Gasteiger partial charge is 0.264 e. The van der Waals surface area contributed by atoms with E-state index >= 15 is 0 Å². The summed E-state index contributed by atoms with van der Waals surface area (Å²) in [5.41, 5.74) is 0.546. The number of nitrogens with zero attached hydrogens (tertiary/aromatic N) is 2. The van der Waals surface area contributed by atoms with E-state index in [9.17, 15) is 12.8 Å². The molecule has 0 atom stereocenters. The highest BCUT2D eigenvalue weighted by molar-refractivity contribution is 7.92. The molecule has 0 aliphatic carbocycles. The van der Waals surface area contributed by atoms with Gasteiger partial charge >= 0.3 is 0 Å². The second-order valence-electron chi connectivity index (χ2n) is 3.93. The molecule has 8 heteroatoms. The minimum atomic E-state index is -4.05. The van der Waals surface area contributed by atoms with E-state index < -0.39 is 20.7 Å². The molecular weight excluding hydrogens is 273 g/mol. The number of anilines is 1. The molecule has 2 N–H and O–H groups in total. The van der Waals surface area contributed by atoms with Crippen molar-refractivity contribution >= 4 is 15.7 Å². The number of rotatable bonds is 4. The van der Waals surface area contributed by atoms with Gasteiger partial charge in [-0.15, -0.1) is 0 Å². The van der Waals surface area contributed by atoms with Gasteiger partial charge < -0.3 is 5.11 Å². The summed E-state index contributed by atoms with van der Waals surface area (Å²) >= 11 is 0. The lowest BCUT2D eigenvalue weighted by Crippen LogP contribution is -2.14. The molecule has 0 aliphatic rings. The first kappa shape index (κ1) is 13.5. The maximum Gasteiger partial charge on any atom is 0.264 e. The molecule has 1 aromatic heterocycles. The van der Waals surface area contributed by atoms with Gasteiger partial charge in [-0.3, -0.25) is 9.40 Å². The number of aryl methyl sites for hydroxylation is 1. The summed E-state index contributed by atoms with van der Waals surface area (Å²) in [4.78, 5) is -0.511. The van der Waals surface area contributed by atoms with Crippen LogP contribution in [0.1, 0.15) is 5.56 Å². The van der Waals surface area contributed by atoms with E-state index in [4.69, 9.17) is 5.11 Å². The third-order valence-electron chi connectivity index (χ3n) is 2.42. The number of hydrogen-bond donors (Lipinski definition) is 2. The summed E-state index contributed by atoms with van der Waals surface area (Å²) in [6, 6.07) is 3.41. The van der Waals surface area contributed by atoms with Crippen LogP contribution in [-0.2, 0) is 23.7 Å². The van der Waals surface area contributed by atoms with E-state index in [-0.39, 0.29) is 12.3 Å². The normalized spacial score (nSPS) is 11.5. The van der Waals surface area contributed by atoms with E-state index in [2.05, 4.69) is 9.82 Å². The van der Waals surface area contributed by atoms with Gasteiger partial charge in [0.1, 0.15) is 10.7 Å². The van der Waals surface area contributed by atoms with Crippen molar-refractivity contribution < 1.29 is 17.9 Å². The van der Waals surface area contributed by atoms with Gasteiger partial charge in [0.05, 0.1) is 18.5 Å². The van der Waals surface area contributed by atoms with Crippen LogP contribution in [0.15, 0.2) is 35.5 Å². The van der Waals surface area contributed by atoms with Crippen LogP contribution in [0.5, 0.6) is 0 Å². The highest BCUT2D eigenvalue weighted by Gasteiger charge is 2.20. The third kappa shape index (κ3) is 2.91. The van der Waals surface area contributed by atoms with Crippen LogP contribution in [0.2, 0.25) is 0 Å². The molecule has 0 saturated carbocycles. The Bertz CT molecular complexity index is 697. The van der Waals surface area contributed by atoms with Crippen LogP contribution in [0, 0.1) is 5.82 Å². The largest absolute Gasteiger partial charge is 0.392 e. The molecule has 0 fully saturated rings. The standard InChI is InChI=1S/C11H12FN3O3S/c1-15-6-9(5-13-15)14-19(17,18)11-4-8(7-16)2-3-10(11)12/h2-6,14,16H,7H2,1H3. The monoisotopic (exact) mass is 285 g/mol. The first-order valence-electron chi connectivity index (χ1n) is 5.33. The lowest BCUT2D eigenvalue weighted by atomic mass is 10.2. The van der Waals surface area contributed by atoms with Crippen molar-refractivity contribution in [3.63, 3.8) is 0 Å². The van der Waals surface area contributed by atoms with Gasteiger partial charge in [-0.1, -0.05) is 6.07 Å². The summed E-state index contributed by atoms with van der Waals surface area (Å²) in [5.74, 6) is -0.881. The number of halogens is 1. The van der Waals surface area contributed by atoms with Gasteiger partial charge in [-0.05, 0) is 17.7 Å². The average molecular weight is 285 g/mol. The number of hydrogen-bond acceptors (Lipinski definition) is 4. The zero-order valence-corrected chi connectivity index (χ0v) is 10.9. The SMILES string of the molecule is Cn1cc(NS(=O)(=O)c2cc(CO)ccc2F)cn1. The number of aliphatic hydroxyl groups excluding tert-OH is 1. The number of aliphatic hydroxyl groups is 1. The van der Waals surface area contributed by atoms with E-state index in [1.165, 1.54) is 23.1 Å². The molecule has 6 nitrogen and oxygen atoms in total. The minimum absolute atomic E-state index is 0.233. The number of nitrogens with one attached hydrogen (secondary N) is 1. The predicted octanol–water partition coefficient (Wildman–Crippen LogP) is 0.852. The van der Waals surface area contributed by atoms with Crippen molar-refractivity contribution in [2.45, 2.75) is 11.5 Å². The number of benzene rings is 1. The Morgan fingerprint density at radius 3 is 2.79 bits per heavy atom. The van der Waals surface area contributed by atoms with E-state index in [0.717, 1.165) is 12.1 Å². The quantitative estimate of drug-likeness (QED) is 0.872. The van der Waals surface area contributed by atoms with Gasteiger partial charge in [-0.25, -0.2) is 12.8 Å². The van der Waals surface area contributed by atoms with E-state index in [1.807, 2.05) is 0 Å². The lowest BCUT2D eigenvalue weighted by molar-refractivity contribution is 0.281. The average Bonchev–Trinajstić information content (AvgIpc) is 2.74. The van der Waals surface area contributed by atoms with E-state index in [0.29, 0.717) is 5.56 Å². The zero-order valence-electron chi connectivity index (χ0n) is 10.0. The second-order valence-corrected chi connectivity index (χ2v) is 5.58. The summed E-state index contributed by atoms with van der Waals surface area (Å²) in [5, 5.41) is 12.8. The molecule has 0 saturated heterocycles. The Balaban J connectivity index is 2.39. The molecule has 19 heavy (non-hydrogen) atoms. The van der Waals surface area contributed by atoms with Gasteiger partial charge in [0, 0.05) is 13.2 Å². The summed E-state index contributed by atoms with van der Waals surface area (Å²) < 4.78 is 41.3. The molecule has 1 aromatic carbocycles. The molecular formula is C11H12FN3O3S. The molecule has 102 valence electrons. The predicted molar refractivity (Wildman–Crippen MR) is 66.3 cm³/mol. The molecule has 2 rings (SSSR count). The first-order chi connectivity index (χ1) is 8.92. The Hall–Kier alpha value is -1.93. The Kier molecular flexibility index (Phi) is 3.54. The van der Waals surface area contributed by atoms with E-state index in [1.54, 1.807) is 7.05 Å². The van der Waals surface area contributed by atoms with Crippen LogP contribution in [0.3, 0.4) is 0 Å². The van der Waals surface area contributed by atoms with Crippen molar-refractivity contribution in [3.8, 4) is 0 Å². The zero-order chi connectivity index (χ0) is 14.0. The van der Waals surface area contributed by atoms with Crippen LogP contribution in [0.25, 0.3) is 0 Å². The molecule has 0 bridgehead atoms. The molecule has 0 unspecified atom stereocenters. The summed E-state index contributed by atoms with van der Waals surface area (Å²) in [6.45, 7) is -0.365. The lowest BCUT2D eigenvalue weighted by Gasteiger charge is -2.08. The molecule has 1 heterocycles. The van der Waals surface area contributed by atoms with Gasteiger partial charge in [-0.2, -0.15) is 5.10 Å². The molecule has 2 aromatic rings. The topological polar surface area (TPSA) is 84.2 Å². The fraction of sp³-hybridized carbons (Fsp3) is 0.182. The first-order valence-corrected chi connectivity index (χ1v) is 6.81. The second kappa shape index (κ2) is 4.98. The fourth-order valence-electron chi connectivity index (χ4n) is 1.54. The fourth-order valence-corrected chi connectivity index (χ4v) is 2.69. The Morgan fingerprint density at radius 1 is 1.47 bits per heavy atom. The van der Waals surface area contributed by atoms with Crippen molar-refractivity contribution in [2.24, 2.45) is 7.05 Å². The molecule has 0 spiro atoms. The summed E-state index contributed by atoms with van der Waals surface area (Å²) in [7, 11) is -2.42. The summed E-state index contributed by atoms with van der Waals surface area (Å²) in [6.07, 6.45) is 2.76.